The largest absolute Gasteiger partial charge is 0.488 e. The number of aryl methyl sites for hydroxylation is 1. The zero-order valence-electron chi connectivity index (χ0n) is 19.1. The van der Waals surface area contributed by atoms with Gasteiger partial charge in [-0.15, -0.1) is 0 Å². The molecule has 10 nitrogen and oxygen atoms in total. The number of rotatable bonds is 6. The van der Waals surface area contributed by atoms with E-state index in [9.17, 15) is 13.2 Å². The van der Waals surface area contributed by atoms with Crippen LogP contribution in [0.25, 0.3) is 16.7 Å². The van der Waals surface area contributed by atoms with E-state index in [4.69, 9.17) is 21.1 Å². The zero-order chi connectivity index (χ0) is 25.7. The number of hydrogen-bond acceptors (Lipinski definition) is 8. The fourth-order valence-corrected chi connectivity index (χ4v) is 4.17. The number of aromatic nitrogens is 6. The van der Waals surface area contributed by atoms with Crippen LogP contribution in [0.5, 0.6) is 17.2 Å². The van der Waals surface area contributed by atoms with E-state index in [2.05, 4.69) is 30.7 Å². The number of hydrogen-bond donors (Lipinski definition) is 2. The zero-order valence-corrected chi connectivity index (χ0v) is 19.9. The third-order valence-corrected chi connectivity index (χ3v) is 6.22. The van der Waals surface area contributed by atoms with E-state index >= 15 is 0 Å². The maximum atomic E-state index is 13.5. The van der Waals surface area contributed by atoms with Gasteiger partial charge in [-0.05, 0) is 12.1 Å². The lowest BCUT2D eigenvalue weighted by atomic mass is 10.1. The molecule has 0 amide bonds. The van der Waals surface area contributed by atoms with Crippen molar-refractivity contribution in [3.63, 3.8) is 0 Å². The molecular formula is C23H18ClF3N8O2. The van der Waals surface area contributed by atoms with E-state index in [1.807, 2.05) is 0 Å². The lowest BCUT2D eigenvalue weighted by molar-refractivity contribution is -0.137. The van der Waals surface area contributed by atoms with Gasteiger partial charge in [0.25, 0.3) is 0 Å². The second-order valence-electron chi connectivity index (χ2n) is 8.39. The Morgan fingerprint density at radius 1 is 1.14 bits per heavy atom. The summed E-state index contributed by atoms with van der Waals surface area (Å²) in [5, 5.41) is 10.4. The van der Waals surface area contributed by atoms with Gasteiger partial charge < -0.3 is 24.7 Å². The van der Waals surface area contributed by atoms with Crippen LogP contribution in [0.1, 0.15) is 5.56 Å². The molecule has 190 valence electrons. The van der Waals surface area contributed by atoms with Gasteiger partial charge in [0.05, 0.1) is 24.2 Å². The van der Waals surface area contributed by atoms with Gasteiger partial charge in [0.2, 0.25) is 5.95 Å². The van der Waals surface area contributed by atoms with Crippen LogP contribution in [0.15, 0.2) is 49.2 Å². The molecule has 0 saturated carbocycles. The summed E-state index contributed by atoms with van der Waals surface area (Å²) in [6, 6.07) is 3.47. The lowest BCUT2D eigenvalue weighted by Crippen LogP contribution is -2.50. The third-order valence-electron chi connectivity index (χ3n) is 5.85. The minimum Gasteiger partial charge on any atom is -0.488 e. The molecule has 0 unspecified atom stereocenters. The van der Waals surface area contributed by atoms with E-state index in [1.165, 1.54) is 18.5 Å². The number of nitrogens with one attached hydrogen (secondary N) is 2. The molecule has 2 N–H and O–H groups in total. The number of fused-ring (bicyclic) bond motifs is 2. The van der Waals surface area contributed by atoms with Crippen LogP contribution in [0, 0.1) is 0 Å². The fraction of sp³-hybridized carbons (Fsp3) is 0.217. The number of anilines is 2. The van der Waals surface area contributed by atoms with Crippen molar-refractivity contribution in [2.45, 2.75) is 12.3 Å². The molecule has 37 heavy (non-hydrogen) atoms. The highest BCUT2D eigenvalue weighted by atomic mass is 35.5. The Balaban J connectivity index is 1.33. The molecule has 6 rings (SSSR count). The summed E-state index contributed by atoms with van der Waals surface area (Å²) in [5.41, 5.74) is 0.662. The topological polar surface area (TPSA) is 103 Å². The van der Waals surface area contributed by atoms with Crippen molar-refractivity contribution < 1.29 is 22.6 Å². The van der Waals surface area contributed by atoms with Gasteiger partial charge in [-0.25, -0.2) is 9.50 Å². The SMILES string of the molecule is Cn1c(Nc2cc(OC3CNC3)cc(C(F)(F)F)c2)nc2ncc(Oc3cnn4ccncc34)c(Cl)c21. The first-order valence-corrected chi connectivity index (χ1v) is 11.5. The highest BCUT2D eigenvalue weighted by Crippen LogP contribution is 2.38. The van der Waals surface area contributed by atoms with E-state index in [-0.39, 0.29) is 39.9 Å². The van der Waals surface area contributed by atoms with Gasteiger partial charge in [-0.3, -0.25) is 4.98 Å². The summed E-state index contributed by atoms with van der Waals surface area (Å²) >= 11 is 6.65. The Labute approximate surface area is 212 Å². The normalized spacial score (nSPS) is 14.2. The van der Waals surface area contributed by atoms with Gasteiger partial charge in [-0.2, -0.15) is 23.3 Å². The number of imidazole rings is 1. The van der Waals surface area contributed by atoms with Crippen molar-refractivity contribution >= 4 is 39.9 Å². The number of halogens is 4. The molecule has 0 spiro atoms. The summed E-state index contributed by atoms with van der Waals surface area (Å²) < 4.78 is 55.5. The van der Waals surface area contributed by atoms with Crippen molar-refractivity contribution in [2.24, 2.45) is 7.05 Å². The van der Waals surface area contributed by atoms with Gasteiger partial charge in [0, 0.05) is 44.3 Å². The smallest absolute Gasteiger partial charge is 0.416 e. The second-order valence-corrected chi connectivity index (χ2v) is 8.76. The fourth-order valence-electron chi connectivity index (χ4n) is 3.88. The predicted molar refractivity (Wildman–Crippen MR) is 129 cm³/mol. The predicted octanol–water partition coefficient (Wildman–Crippen LogP) is 4.57. The molecule has 0 bridgehead atoms. The van der Waals surface area contributed by atoms with Crippen LogP contribution in [-0.4, -0.2) is 48.3 Å². The van der Waals surface area contributed by atoms with Gasteiger partial charge >= 0.3 is 6.18 Å². The summed E-state index contributed by atoms with van der Waals surface area (Å²) in [6.07, 6.45) is 3.09. The van der Waals surface area contributed by atoms with E-state index in [0.717, 1.165) is 12.1 Å². The molecule has 14 heteroatoms. The van der Waals surface area contributed by atoms with Gasteiger partial charge in [-0.1, -0.05) is 11.6 Å². The average Bonchev–Trinajstić information content (AvgIpc) is 3.39. The number of benzene rings is 1. The number of alkyl halides is 3. The molecule has 0 atom stereocenters. The maximum Gasteiger partial charge on any atom is 0.416 e. The number of pyridine rings is 1. The molecule has 1 aliphatic heterocycles. The van der Waals surface area contributed by atoms with E-state index in [0.29, 0.717) is 29.9 Å². The van der Waals surface area contributed by atoms with Crippen molar-refractivity contribution in [2.75, 3.05) is 18.4 Å². The maximum absolute atomic E-state index is 13.5. The van der Waals surface area contributed by atoms with E-state index in [1.54, 1.807) is 34.7 Å². The third kappa shape index (κ3) is 4.36. The Bertz CT molecular complexity index is 1630. The quantitative estimate of drug-likeness (QED) is 0.329. The van der Waals surface area contributed by atoms with Crippen LogP contribution in [-0.2, 0) is 13.2 Å². The highest BCUT2D eigenvalue weighted by Gasteiger charge is 2.32. The van der Waals surface area contributed by atoms with Gasteiger partial charge in [0.15, 0.2) is 17.1 Å². The molecule has 0 radical (unpaired) electrons. The second kappa shape index (κ2) is 8.78. The van der Waals surface area contributed by atoms with Crippen molar-refractivity contribution in [3.05, 3.63) is 59.8 Å². The van der Waals surface area contributed by atoms with Crippen molar-refractivity contribution in [1.29, 1.82) is 0 Å². The molecule has 1 aromatic carbocycles. The van der Waals surface area contributed by atoms with Crippen LogP contribution in [0.3, 0.4) is 0 Å². The van der Waals surface area contributed by atoms with Crippen LogP contribution < -0.4 is 20.1 Å². The molecular weight excluding hydrogens is 513 g/mol. The number of ether oxygens (including phenoxy) is 2. The summed E-state index contributed by atoms with van der Waals surface area (Å²) in [5.74, 6) is 1.02. The van der Waals surface area contributed by atoms with Crippen LogP contribution >= 0.6 is 11.6 Å². The first kappa shape index (κ1) is 23.3. The first-order valence-electron chi connectivity index (χ1n) is 11.1. The lowest BCUT2D eigenvalue weighted by Gasteiger charge is -2.28. The summed E-state index contributed by atoms with van der Waals surface area (Å²) in [4.78, 5) is 12.8. The minimum absolute atomic E-state index is 0.109. The standard InChI is InChI=1S/C23H18ClF3N8O2/c1-34-20-19(24)18(37-17-11-31-35-3-2-28-9-16(17)35)10-30-21(20)33-22(34)32-13-4-12(23(25,26)27)5-14(6-13)36-15-7-29-8-15/h2-6,9-11,15,29H,7-8H2,1H3,(H,30,32,33). The van der Waals surface area contributed by atoms with Gasteiger partial charge in [0.1, 0.15) is 27.9 Å². The Morgan fingerprint density at radius 2 is 1.97 bits per heavy atom. The Kier molecular flexibility index (Phi) is 5.53. The summed E-state index contributed by atoms with van der Waals surface area (Å²) in [6.45, 7) is 1.15. The Morgan fingerprint density at radius 3 is 2.73 bits per heavy atom. The minimum atomic E-state index is -4.55. The molecule has 4 aromatic heterocycles. The average molecular weight is 531 g/mol. The van der Waals surface area contributed by atoms with Crippen molar-refractivity contribution in [1.82, 2.24) is 34.4 Å². The Hall–Kier alpha value is -4.10. The molecule has 1 aliphatic rings. The first-order chi connectivity index (χ1) is 17.8. The number of nitrogens with zero attached hydrogens (tertiary/aromatic N) is 6. The monoisotopic (exact) mass is 530 g/mol. The van der Waals surface area contributed by atoms with Crippen LogP contribution in [0.2, 0.25) is 5.02 Å². The molecule has 1 saturated heterocycles. The highest BCUT2D eigenvalue weighted by molar-refractivity contribution is 6.36. The van der Waals surface area contributed by atoms with E-state index < -0.39 is 11.7 Å². The summed E-state index contributed by atoms with van der Waals surface area (Å²) in [7, 11) is 1.67. The molecule has 0 aliphatic carbocycles. The molecule has 5 aromatic rings. The van der Waals surface area contributed by atoms with Crippen molar-refractivity contribution in [3.8, 4) is 17.2 Å². The molecule has 1 fully saturated rings. The van der Waals surface area contributed by atoms with Crippen LogP contribution in [0.4, 0.5) is 24.8 Å². The molecule has 5 heterocycles.